The first-order valence-corrected chi connectivity index (χ1v) is 9.34. The molecule has 0 radical (unpaired) electrons. The molecule has 3 aromatic rings. The Kier molecular flexibility index (Phi) is 4.89. The van der Waals surface area contributed by atoms with E-state index in [0.717, 1.165) is 23.3 Å². The summed E-state index contributed by atoms with van der Waals surface area (Å²) in [5.41, 5.74) is 1.84. The Morgan fingerprint density at radius 3 is 2.24 bits per heavy atom. The minimum atomic E-state index is -4.34. The molecule has 0 N–H and O–H groups in total. The first-order valence-electron chi connectivity index (χ1n) is 9.34. The molecule has 1 fully saturated rings. The summed E-state index contributed by atoms with van der Waals surface area (Å²) in [5.74, 6) is 1.38. The number of nitrogens with zero attached hydrogens (tertiary/aromatic N) is 6. The second-order valence-electron chi connectivity index (χ2n) is 7.10. The third kappa shape index (κ3) is 4.03. The molecule has 29 heavy (non-hydrogen) atoms. The van der Waals surface area contributed by atoms with Crippen LogP contribution in [0.4, 0.5) is 24.7 Å². The third-order valence-corrected chi connectivity index (χ3v) is 4.98. The monoisotopic (exact) mass is 402 g/mol. The SMILES string of the molecule is Cc1cc(C)n(-c2cncc(N3CCN(c4cccc(C(F)(F)F)c4)CC3)n2)n1. The first-order chi connectivity index (χ1) is 13.8. The van der Waals surface area contributed by atoms with E-state index in [1.54, 1.807) is 23.1 Å². The number of hydrogen-bond acceptors (Lipinski definition) is 5. The fraction of sp³-hybridized carbons (Fsp3) is 0.350. The number of alkyl halides is 3. The van der Waals surface area contributed by atoms with Crippen LogP contribution in [0, 0.1) is 13.8 Å². The number of benzene rings is 1. The summed E-state index contributed by atoms with van der Waals surface area (Å²) < 4.78 is 40.7. The lowest BCUT2D eigenvalue weighted by atomic mass is 10.1. The van der Waals surface area contributed by atoms with Gasteiger partial charge in [-0.1, -0.05) is 6.07 Å². The molecule has 0 bridgehead atoms. The first kappa shape index (κ1) is 19.2. The van der Waals surface area contributed by atoms with Crippen LogP contribution < -0.4 is 9.80 Å². The predicted octanol–water partition coefficient (Wildman–Crippen LogP) is 3.62. The standard InChI is InChI=1S/C20H21F3N6/c1-14-10-15(2)29(26-14)19-13-24-12-18(25-19)28-8-6-27(7-9-28)17-5-3-4-16(11-17)20(21,22)23/h3-5,10-13H,6-9H2,1-2H3. The van der Waals surface area contributed by atoms with Crippen molar-refractivity contribution in [2.75, 3.05) is 36.0 Å². The number of hydrogen-bond donors (Lipinski definition) is 0. The molecule has 1 aliphatic heterocycles. The summed E-state index contributed by atoms with van der Waals surface area (Å²) >= 11 is 0. The van der Waals surface area contributed by atoms with E-state index in [2.05, 4.69) is 20.0 Å². The second-order valence-corrected chi connectivity index (χ2v) is 7.10. The van der Waals surface area contributed by atoms with Crippen molar-refractivity contribution in [3.05, 3.63) is 59.7 Å². The highest BCUT2D eigenvalue weighted by Crippen LogP contribution is 2.32. The number of aromatic nitrogens is 4. The van der Waals surface area contributed by atoms with E-state index in [4.69, 9.17) is 0 Å². The Morgan fingerprint density at radius 2 is 1.59 bits per heavy atom. The Labute approximate surface area is 166 Å². The molecule has 152 valence electrons. The summed E-state index contributed by atoms with van der Waals surface area (Å²) in [7, 11) is 0. The molecule has 1 aliphatic rings. The molecule has 0 atom stereocenters. The maximum absolute atomic E-state index is 13.0. The maximum atomic E-state index is 13.0. The van der Waals surface area contributed by atoms with Crippen molar-refractivity contribution >= 4 is 11.5 Å². The topological polar surface area (TPSA) is 50.1 Å². The van der Waals surface area contributed by atoms with Crippen molar-refractivity contribution < 1.29 is 13.2 Å². The van der Waals surface area contributed by atoms with Gasteiger partial charge in [-0.15, -0.1) is 0 Å². The molecule has 6 nitrogen and oxygen atoms in total. The normalized spacial score (nSPS) is 15.1. The Hall–Kier alpha value is -3.10. The molecule has 0 unspecified atom stereocenters. The summed E-state index contributed by atoms with van der Waals surface area (Å²) in [6.45, 7) is 6.38. The molecule has 0 saturated carbocycles. The highest BCUT2D eigenvalue weighted by molar-refractivity contribution is 5.51. The molecule has 3 heterocycles. The van der Waals surface area contributed by atoms with Crippen molar-refractivity contribution in [1.82, 2.24) is 19.7 Å². The lowest BCUT2D eigenvalue weighted by molar-refractivity contribution is -0.137. The summed E-state index contributed by atoms with van der Waals surface area (Å²) in [6, 6.07) is 7.45. The zero-order valence-electron chi connectivity index (χ0n) is 16.2. The number of halogens is 3. The van der Waals surface area contributed by atoms with Crippen molar-refractivity contribution in [2.24, 2.45) is 0 Å². The molecular formula is C20H21F3N6. The largest absolute Gasteiger partial charge is 0.416 e. The average molecular weight is 402 g/mol. The van der Waals surface area contributed by atoms with Crippen molar-refractivity contribution in [2.45, 2.75) is 20.0 Å². The smallest absolute Gasteiger partial charge is 0.368 e. The van der Waals surface area contributed by atoms with E-state index in [1.807, 2.05) is 24.8 Å². The van der Waals surface area contributed by atoms with E-state index in [1.165, 1.54) is 12.1 Å². The third-order valence-electron chi connectivity index (χ3n) is 4.98. The maximum Gasteiger partial charge on any atom is 0.416 e. The minimum Gasteiger partial charge on any atom is -0.368 e. The van der Waals surface area contributed by atoms with Crippen LogP contribution in [0.25, 0.3) is 5.82 Å². The van der Waals surface area contributed by atoms with E-state index < -0.39 is 11.7 Å². The van der Waals surface area contributed by atoms with Crippen molar-refractivity contribution in [3.63, 3.8) is 0 Å². The predicted molar refractivity (Wildman–Crippen MR) is 104 cm³/mol. The molecule has 4 rings (SSSR count). The fourth-order valence-electron chi connectivity index (χ4n) is 3.53. The van der Waals surface area contributed by atoms with Crippen LogP contribution in [0.3, 0.4) is 0 Å². The minimum absolute atomic E-state index is 0.585. The fourth-order valence-corrected chi connectivity index (χ4v) is 3.53. The molecular weight excluding hydrogens is 381 g/mol. The Bertz CT molecular complexity index is 1010. The van der Waals surface area contributed by atoms with Gasteiger partial charge in [-0.3, -0.25) is 4.98 Å². The zero-order chi connectivity index (χ0) is 20.6. The molecule has 9 heteroatoms. The quantitative estimate of drug-likeness (QED) is 0.670. The van der Waals surface area contributed by atoms with Crippen LogP contribution in [-0.4, -0.2) is 45.9 Å². The van der Waals surface area contributed by atoms with Crippen LogP contribution in [0.2, 0.25) is 0 Å². The average Bonchev–Trinajstić information content (AvgIpc) is 3.06. The van der Waals surface area contributed by atoms with Gasteiger partial charge >= 0.3 is 6.18 Å². The number of piperazine rings is 1. The summed E-state index contributed by atoms with van der Waals surface area (Å²) in [6.07, 6.45) is -0.964. The zero-order valence-corrected chi connectivity index (χ0v) is 16.2. The lowest BCUT2D eigenvalue weighted by Gasteiger charge is -2.36. The molecule has 1 aromatic carbocycles. The van der Waals surface area contributed by atoms with Gasteiger partial charge in [0.1, 0.15) is 5.82 Å². The van der Waals surface area contributed by atoms with Gasteiger partial charge in [0.05, 0.1) is 23.7 Å². The van der Waals surface area contributed by atoms with Gasteiger partial charge in [-0.2, -0.15) is 18.3 Å². The Morgan fingerprint density at radius 1 is 0.897 bits per heavy atom. The van der Waals surface area contributed by atoms with Crippen molar-refractivity contribution in [3.8, 4) is 5.82 Å². The van der Waals surface area contributed by atoms with E-state index in [-0.39, 0.29) is 0 Å². The van der Waals surface area contributed by atoms with Gasteiger partial charge in [0.2, 0.25) is 0 Å². The van der Waals surface area contributed by atoms with Crippen LogP contribution >= 0.6 is 0 Å². The van der Waals surface area contributed by atoms with Gasteiger partial charge in [0.15, 0.2) is 5.82 Å². The van der Waals surface area contributed by atoms with Crippen molar-refractivity contribution in [1.29, 1.82) is 0 Å². The van der Waals surface area contributed by atoms with Gasteiger partial charge in [0, 0.05) is 37.6 Å². The molecule has 0 aliphatic carbocycles. The van der Waals surface area contributed by atoms with Gasteiger partial charge in [-0.05, 0) is 38.1 Å². The Balaban J connectivity index is 1.48. The van der Waals surface area contributed by atoms with Gasteiger partial charge in [-0.25, -0.2) is 9.67 Å². The van der Waals surface area contributed by atoms with Gasteiger partial charge in [0.25, 0.3) is 0 Å². The van der Waals surface area contributed by atoms with Crippen LogP contribution in [0.5, 0.6) is 0 Å². The molecule has 0 amide bonds. The highest BCUT2D eigenvalue weighted by atomic mass is 19.4. The van der Waals surface area contributed by atoms with E-state index in [9.17, 15) is 13.2 Å². The lowest BCUT2D eigenvalue weighted by Crippen LogP contribution is -2.47. The highest BCUT2D eigenvalue weighted by Gasteiger charge is 2.31. The molecule has 2 aromatic heterocycles. The van der Waals surface area contributed by atoms with Crippen LogP contribution in [0.1, 0.15) is 17.0 Å². The molecule has 1 saturated heterocycles. The summed E-state index contributed by atoms with van der Waals surface area (Å²) in [5, 5.41) is 4.44. The second kappa shape index (κ2) is 7.38. The van der Waals surface area contributed by atoms with E-state index >= 15 is 0 Å². The number of anilines is 2. The van der Waals surface area contributed by atoms with Gasteiger partial charge < -0.3 is 9.80 Å². The van der Waals surface area contributed by atoms with Crippen LogP contribution in [0.15, 0.2) is 42.7 Å². The van der Waals surface area contributed by atoms with E-state index in [0.29, 0.717) is 37.7 Å². The van der Waals surface area contributed by atoms with Crippen LogP contribution in [-0.2, 0) is 6.18 Å². The number of aryl methyl sites for hydroxylation is 2. The summed E-state index contributed by atoms with van der Waals surface area (Å²) in [4.78, 5) is 13.0. The molecule has 0 spiro atoms. The number of rotatable bonds is 3.